The van der Waals surface area contributed by atoms with Gasteiger partial charge in [0.2, 0.25) is 5.76 Å². The first-order valence-corrected chi connectivity index (χ1v) is 11.4. The van der Waals surface area contributed by atoms with Crippen LogP contribution in [0.5, 0.6) is 0 Å². The Bertz CT molecular complexity index is 1320. The van der Waals surface area contributed by atoms with Gasteiger partial charge in [0.25, 0.3) is 5.91 Å². The number of aromatic nitrogens is 2. The van der Waals surface area contributed by atoms with E-state index in [1.165, 1.54) is 36.6 Å². The van der Waals surface area contributed by atoms with Gasteiger partial charge in [-0.25, -0.2) is 14.2 Å². The summed E-state index contributed by atoms with van der Waals surface area (Å²) in [6, 6.07) is 12.6. The summed E-state index contributed by atoms with van der Waals surface area (Å²) in [6.45, 7) is 3.90. The summed E-state index contributed by atoms with van der Waals surface area (Å²) >= 11 is 1.36. The zero-order valence-corrected chi connectivity index (χ0v) is 19.6. The number of ether oxygens (including phenoxy) is 1. The maximum absolute atomic E-state index is 13.4. The molecular formula is C24H23FN4O4S. The number of halogens is 1. The van der Waals surface area contributed by atoms with Crippen LogP contribution < -0.4 is 10.6 Å². The second-order valence-corrected chi connectivity index (χ2v) is 9.12. The molecule has 2 heterocycles. The fraction of sp³-hybridized carbons (Fsp3) is 0.250. The molecule has 0 spiro atoms. The first-order chi connectivity index (χ1) is 16.3. The Balaban J connectivity index is 1.43. The monoisotopic (exact) mass is 482 g/mol. The lowest BCUT2D eigenvalue weighted by Gasteiger charge is -2.17. The molecule has 0 aliphatic carbocycles. The van der Waals surface area contributed by atoms with Crippen molar-refractivity contribution in [2.75, 3.05) is 12.4 Å². The molecule has 34 heavy (non-hydrogen) atoms. The molecular weight excluding hydrogens is 459 g/mol. The standard InChI is InChI=1S/C24H23FN4O4S/c1-13(2)10-19(23(31)32-3)27-22(30)20-12-18(29-33-20)14-4-7-16(8-5-14)26-24-28-17-9-6-15(25)11-21(17)34-24/h4-9,11-13,19H,10H2,1-3H3,(H,26,28)(H,27,30)/t19-/m0/s1. The first-order valence-electron chi connectivity index (χ1n) is 10.6. The van der Waals surface area contributed by atoms with Gasteiger partial charge >= 0.3 is 5.97 Å². The molecule has 0 saturated carbocycles. The van der Waals surface area contributed by atoms with Crippen molar-refractivity contribution in [3.63, 3.8) is 0 Å². The number of amides is 1. The van der Waals surface area contributed by atoms with Gasteiger partial charge in [-0.05, 0) is 42.7 Å². The first kappa shape index (κ1) is 23.4. The number of anilines is 2. The summed E-state index contributed by atoms with van der Waals surface area (Å²) in [5.41, 5.74) is 2.73. The van der Waals surface area contributed by atoms with Crippen molar-refractivity contribution in [1.29, 1.82) is 0 Å². The number of fused-ring (bicyclic) bond motifs is 1. The third-order valence-corrected chi connectivity index (χ3v) is 5.95. The fourth-order valence-corrected chi connectivity index (χ4v) is 4.29. The molecule has 0 fully saturated rings. The summed E-state index contributed by atoms with van der Waals surface area (Å²) in [6.07, 6.45) is 0.442. The number of rotatable bonds is 8. The van der Waals surface area contributed by atoms with E-state index in [9.17, 15) is 14.0 Å². The quantitative estimate of drug-likeness (QED) is 0.335. The van der Waals surface area contributed by atoms with Gasteiger partial charge in [-0.1, -0.05) is 42.5 Å². The zero-order valence-electron chi connectivity index (χ0n) is 18.8. The molecule has 1 amide bonds. The Hall–Kier alpha value is -3.79. The topological polar surface area (TPSA) is 106 Å². The summed E-state index contributed by atoms with van der Waals surface area (Å²) in [5.74, 6) is -1.17. The lowest BCUT2D eigenvalue weighted by molar-refractivity contribution is -0.143. The minimum Gasteiger partial charge on any atom is -0.467 e. The Labute approximate surface area is 199 Å². The predicted octanol–water partition coefficient (Wildman–Crippen LogP) is 5.15. The van der Waals surface area contributed by atoms with Gasteiger partial charge in [0.1, 0.15) is 17.6 Å². The number of nitrogens with one attached hydrogen (secondary N) is 2. The van der Waals surface area contributed by atoms with Crippen molar-refractivity contribution in [1.82, 2.24) is 15.5 Å². The highest BCUT2D eigenvalue weighted by Crippen LogP contribution is 2.29. The molecule has 0 unspecified atom stereocenters. The van der Waals surface area contributed by atoms with Crippen molar-refractivity contribution >= 4 is 44.2 Å². The van der Waals surface area contributed by atoms with Crippen LogP contribution in [0.3, 0.4) is 0 Å². The molecule has 0 aliphatic rings. The average molecular weight is 483 g/mol. The van der Waals surface area contributed by atoms with Gasteiger partial charge < -0.3 is 19.9 Å². The Morgan fingerprint density at radius 1 is 1.15 bits per heavy atom. The second-order valence-electron chi connectivity index (χ2n) is 8.09. The summed E-state index contributed by atoms with van der Waals surface area (Å²) in [4.78, 5) is 29.0. The third kappa shape index (κ3) is 5.40. The van der Waals surface area contributed by atoms with Crippen LogP contribution in [-0.4, -0.2) is 35.2 Å². The molecule has 176 valence electrons. The maximum Gasteiger partial charge on any atom is 0.328 e. The van der Waals surface area contributed by atoms with Gasteiger partial charge in [-0.3, -0.25) is 4.79 Å². The predicted molar refractivity (Wildman–Crippen MR) is 128 cm³/mol. The summed E-state index contributed by atoms with van der Waals surface area (Å²) in [7, 11) is 1.28. The van der Waals surface area contributed by atoms with E-state index in [1.54, 1.807) is 6.07 Å². The Morgan fingerprint density at radius 3 is 2.62 bits per heavy atom. The number of benzene rings is 2. The number of carbonyl (C=O) groups is 2. The molecule has 4 rings (SSSR count). The third-order valence-electron chi connectivity index (χ3n) is 5.01. The number of hydrogen-bond acceptors (Lipinski definition) is 8. The van der Waals surface area contributed by atoms with Crippen LogP contribution in [0.25, 0.3) is 21.5 Å². The smallest absolute Gasteiger partial charge is 0.328 e. The molecule has 0 saturated heterocycles. The number of methoxy groups -OCH3 is 1. The van der Waals surface area contributed by atoms with Crippen molar-refractivity contribution in [2.24, 2.45) is 5.92 Å². The highest BCUT2D eigenvalue weighted by Gasteiger charge is 2.25. The molecule has 2 aromatic carbocycles. The van der Waals surface area contributed by atoms with E-state index < -0.39 is 17.9 Å². The number of hydrogen-bond donors (Lipinski definition) is 2. The van der Waals surface area contributed by atoms with E-state index in [2.05, 4.69) is 20.8 Å². The van der Waals surface area contributed by atoms with Crippen molar-refractivity contribution < 1.29 is 23.2 Å². The molecule has 1 atom stereocenters. The molecule has 10 heteroatoms. The van der Waals surface area contributed by atoms with E-state index >= 15 is 0 Å². The largest absolute Gasteiger partial charge is 0.467 e. The molecule has 0 radical (unpaired) electrons. The van der Waals surface area contributed by atoms with Crippen LogP contribution in [-0.2, 0) is 9.53 Å². The van der Waals surface area contributed by atoms with Crippen molar-refractivity contribution in [2.45, 2.75) is 26.3 Å². The van der Waals surface area contributed by atoms with Gasteiger partial charge in [0, 0.05) is 17.3 Å². The van der Waals surface area contributed by atoms with Crippen LogP contribution in [0.15, 0.2) is 53.1 Å². The molecule has 4 aromatic rings. The number of nitrogens with zero attached hydrogens (tertiary/aromatic N) is 2. The van der Waals surface area contributed by atoms with E-state index in [0.29, 0.717) is 17.2 Å². The number of thiazole rings is 1. The lowest BCUT2D eigenvalue weighted by Crippen LogP contribution is -2.42. The normalized spacial score (nSPS) is 12.0. The van der Waals surface area contributed by atoms with Crippen LogP contribution in [0.2, 0.25) is 0 Å². The minimum absolute atomic E-state index is 0.00318. The summed E-state index contributed by atoms with van der Waals surface area (Å²) < 4.78 is 24.1. The SMILES string of the molecule is COC(=O)[C@H](CC(C)C)NC(=O)c1cc(-c2ccc(Nc3nc4ccc(F)cc4s3)cc2)no1. The Morgan fingerprint density at radius 2 is 1.91 bits per heavy atom. The van der Waals surface area contributed by atoms with Gasteiger partial charge in [-0.15, -0.1) is 0 Å². The zero-order chi connectivity index (χ0) is 24.2. The lowest BCUT2D eigenvalue weighted by atomic mass is 10.0. The van der Waals surface area contributed by atoms with Crippen LogP contribution >= 0.6 is 11.3 Å². The minimum atomic E-state index is -0.768. The van der Waals surface area contributed by atoms with Crippen molar-refractivity contribution in [3.8, 4) is 11.3 Å². The van der Waals surface area contributed by atoms with E-state index in [0.717, 1.165) is 21.5 Å². The van der Waals surface area contributed by atoms with Gasteiger partial charge in [0.05, 0.1) is 17.3 Å². The number of carbonyl (C=O) groups excluding carboxylic acids is 2. The second kappa shape index (κ2) is 10.0. The molecule has 0 bridgehead atoms. The summed E-state index contributed by atoms with van der Waals surface area (Å²) in [5, 5.41) is 10.5. The van der Waals surface area contributed by atoms with E-state index in [4.69, 9.17) is 9.26 Å². The van der Waals surface area contributed by atoms with Crippen LogP contribution in [0.1, 0.15) is 30.8 Å². The molecule has 8 nitrogen and oxygen atoms in total. The van der Waals surface area contributed by atoms with Gasteiger partial charge in [0.15, 0.2) is 5.13 Å². The van der Waals surface area contributed by atoms with Crippen molar-refractivity contribution in [3.05, 3.63) is 60.1 Å². The maximum atomic E-state index is 13.4. The molecule has 0 aliphatic heterocycles. The highest BCUT2D eigenvalue weighted by atomic mass is 32.1. The fourth-order valence-electron chi connectivity index (χ4n) is 3.38. The van der Waals surface area contributed by atoms with Crippen LogP contribution in [0.4, 0.5) is 15.2 Å². The van der Waals surface area contributed by atoms with Gasteiger partial charge in [-0.2, -0.15) is 0 Å². The average Bonchev–Trinajstić information content (AvgIpc) is 3.45. The Kier molecular flexibility index (Phi) is 6.87. The molecule has 2 aromatic heterocycles. The van der Waals surface area contributed by atoms with Crippen LogP contribution in [0, 0.1) is 11.7 Å². The van der Waals surface area contributed by atoms with E-state index in [-0.39, 0.29) is 17.5 Å². The number of esters is 1. The highest BCUT2D eigenvalue weighted by molar-refractivity contribution is 7.22. The molecule has 2 N–H and O–H groups in total. The van der Waals surface area contributed by atoms with E-state index in [1.807, 2.05) is 38.1 Å².